The van der Waals surface area contributed by atoms with Crippen LogP contribution in [0.3, 0.4) is 0 Å². The number of nitrogens with one attached hydrogen (secondary N) is 1. The Balaban J connectivity index is 1.84. The Morgan fingerprint density at radius 1 is 1.06 bits per heavy atom. The van der Waals surface area contributed by atoms with E-state index in [0.717, 1.165) is 15.4 Å². The quantitative estimate of drug-likeness (QED) is 0.443. The third-order valence-electron chi connectivity index (χ3n) is 4.68. The Kier molecular flexibility index (Phi) is 7.03. The Morgan fingerprint density at radius 3 is 2.38 bits per heavy atom. The molecule has 0 fully saturated rings. The van der Waals surface area contributed by atoms with E-state index in [-0.39, 0.29) is 4.90 Å². The standard InChI is InChI=1S/C24H22N4O3S/c1-18-8-13-23(19(2)14-18)28(32(30,31)22-6-4-3-5-7-22)17-24(29)27-26-16-21-11-9-20(15-25)10-12-21/h3-14,16H,17H2,1-2H3,(H,27,29)/b26-16+. The Morgan fingerprint density at radius 2 is 1.75 bits per heavy atom. The number of hydrazone groups is 1. The molecule has 0 aliphatic heterocycles. The van der Waals surface area contributed by atoms with Gasteiger partial charge in [-0.3, -0.25) is 9.10 Å². The van der Waals surface area contributed by atoms with Gasteiger partial charge < -0.3 is 0 Å². The van der Waals surface area contributed by atoms with Gasteiger partial charge >= 0.3 is 0 Å². The van der Waals surface area contributed by atoms with Crippen molar-refractivity contribution < 1.29 is 13.2 Å². The van der Waals surface area contributed by atoms with Crippen LogP contribution in [0.15, 0.2) is 82.8 Å². The molecule has 3 aromatic rings. The molecule has 0 bridgehead atoms. The molecule has 0 aliphatic carbocycles. The minimum absolute atomic E-state index is 0.0915. The number of sulfonamides is 1. The number of anilines is 1. The summed E-state index contributed by atoms with van der Waals surface area (Å²) < 4.78 is 27.8. The lowest BCUT2D eigenvalue weighted by Gasteiger charge is -2.25. The van der Waals surface area contributed by atoms with Gasteiger partial charge in [-0.25, -0.2) is 13.8 Å². The maximum absolute atomic E-state index is 13.3. The highest BCUT2D eigenvalue weighted by molar-refractivity contribution is 7.92. The van der Waals surface area contributed by atoms with Crippen LogP contribution in [0, 0.1) is 25.2 Å². The number of benzene rings is 3. The third-order valence-corrected chi connectivity index (χ3v) is 6.46. The maximum atomic E-state index is 13.3. The van der Waals surface area contributed by atoms with Gasteiger partial charge in [0.15, 0.2) is 0 Å². The molecule has 0 heterocycles. The summed E-state index contributed by atoms with van der Waals surface area (Å²) in [5, 5.41) is 12.7. The fourth-order valence-electron chi connectivity index (χ4n) is 3.09. The summed E-state index contributed by atoms with van der Waals surface area (Å²) in [5.41, 5.74) is 5.72. The van der Waals surface area contributed by atoms with Crippen LogP contribution >= 0.6 is 0 Å². The predicted molar refractivity (Wildman–Crippen MR) is 124 cm³/mol. The smallest absolute Gasteiger partial charge is 0.264 e. The lowest BCUT2D eigenvalue weighted by atomic mass is 10.1. The molecular weight excluding hydrogens is 424 g/mol. The molecule has 1 N–H and O–H groups in total. The van der Waals surface area contributed by atoms with E-state index in [4.69, 9.17) is 5.26 Å². The third kappa shape index (κ3) is 5.39. The summed E-state index contributed by atoms with van der Waals surface area (Å²) in [4.78, 5) is 12.7. The topological polar surface area (TPSA) is 103 Å². The highest BCUT2D eigenvalue weighted by atomic mass is 32.2. The van der Waals surface area contributed by atoms with Gasteiger partial charge in [-0.2, -0.15) is 10.4 Å². The van der Waals surface area contributed by atoms with Crippen molar-refractivity contribution in [1.29, 1.82) is 5.26 Å². The first kappa shape index (κ1) is 22.7. The normalized spacial score (nSPS) is 11.2. The SMILES string of the molecule is Cc1ccc(N(CC(=O)N/N=C/c2ccc(C#N)cc2)S(=O)(=O)c2ccccc2)c(C)c1. The van der Waals surface area contributed by atoms with Crippen molar-refractivity contribution in [2.75, 3.05) is 10.8 Å². The molecule has 0 aromatic heterocycles. The summed E-state index contributed by atoms with van der Waals surface area (Å²) in [6.45, 7) is 3.28. The number of carbonyl (C=O) groups excluding carboxylic acids is 1. The van der Waals surface area contributed by atoms with Gasteiger partial charge in [0.1, 0.15) is 6.54 Å². The second-order valence-corrected chi connectivity index (χ2v) is 9.00. The fraction of sp³-hybridized carbons (Fsp3) is 0.125. The number of rotatable bonds is 7. The van der Waals surface area contributed by atoms with E-state index in [1.165, 1.54) is 18.3 Å². The first-order valence-electron chi connectivity index (χ1n) is 9.78. The summed E-state index contributed by atoms with van der Waals surface area (Å²) in [6.07, 6.45) is 1.42. The Bertz CT molecular complexity index is 1280. The first-order chi connectivity index (χ1) is 15.3. The zero-order chi connectivity index (χ0) is 23.1. The van der Waals surface area contributed by atoms with Crippen molar-refractivity contribution in [3.05, 3.63) is 95.1 Å². The highest BCUT2D eigenvalue weighted by Crippen LogP contribution is 2.27. The molecule has 0 atom stereocenters. The molecule has 162 valence electrons. The molecule has 32 heavy (non-hydrogen) atoms. The van der Waals surface area contributed by atoms with Crippen LogP contribution in [0.4, 0.5) is 5.69 Å². The van der Waals surface area contributed by atoms with Crippen molar-refractivity contribution in [2.24, 2.45) is 5.10 Å². The average Bonchev–Trinajstić information content (AvgIpc) is 2.79. The van der Waals surface area contributed by atoms with E-state index < -0.39 is 22.5 Å². The Labute approximate surface area is 187 Å². The van der Waals surface area contributed by atoms with Crippen LogP contribution in [0.25, 0.3) is 0 Å². The summed E-state index contributed by atoms with van der Waals surface area (Å²) in [5.74, 6) is -0.589. The number of hydrogen-bond acceptors (Lipinski definition) is 5. The lowest BCUT2D eigenvalue weighted by Crippen LogP contribution is -2.40. The van der Waals surface area contributed by atoms with Crippen LogP contribution in [0.1, 0.15) is 22.3 Å². The maximum Gasteiger partial charge on any atom is 0.264 e. The van der Waals surface area contributed by atoms with Crippen molar-refractivity contribution >= 4 is 27.8 Å². The molecule has 8 heteroatoms. The summed E-state index contributed by atoms with van der Waals surface area (Å²) >= 11 is 0. The molecule has 3 rings (SSSR count). The van der Waals surface area contributed by atoms with Gasteiger partial charge in [-0.05, 0) is 55.3 Å². The zero-order valence-corrected chi connectivity index (χ0v) is 18.5. The average molecular weight is 447 g/mol. The minimum Gasteiger partial charge on any atom is -0.271 e. The first-order valence-corrected chi connectivity index (χ1v) is 11.2. The number of aryl methyl sites for hydroxylation is 2. The lowest BCUT2D eigenvalue weighted by molar-refractivity contribution is -0.119. The van der Waals surface area contributed by atoms with E-state index in [2.05, 4.69) is 10.5 Å². The number of amides is 1. The highest BCUT2D eigenvalue weighted by Gasteiger charge is 2.28. The number of nitriles is 1. The van der Waals surface area contributed by atoms with Crippen LogP contribution in [0.5, 0.6) is 0 Å². The zero-order valence-electron chi connectivity index (χ0n) is 17.7. The molecule has 0 aliphatic rings. The van der Waals surface area contributed by atoms with Crippen LogP contribution in [0.2, 0.25) is 0 Å². The molecule has 1 amide bonds. The summed E-state index contributed by atoms with van der Waals surface area (Å²) in [6, 6.07) is 22.0. The van der Waals surface area contributed by atoms with Crippen molar-refractivity contribution in [2.45, 2.75) is 18.7 Å². The minimum atomic E-state index is -3.98. The largest absolute Gasteiger partial charge is 0.271 e. The number of carbonyl (C=O) groups is 1. The molecule has 0 unspecified atom stereocenters. The molecule has 0 spiro atoms. The Hall–Kier alpha value is -3.96. The monoisotopic (exact) mass is 446 g/mol. The van der Waals surface area contributed by atoms with Crippen LogP contribution < -0.4 is 9.73 Å². The van der Waals surface area contributed by atoms with Crippen molar-refractivity contribution in [3.63, 3.8) is 0 Å². The summed E-state index contributed by atoms with van der Waals surface area (Å²) in [7, 11) is -3.98. The molecule has 3 aromatic carbocycles. The van der Waals surface area contributed by atoms with Gasteiger partial charge in [-0.1, -0.05) is 48.0 Å². The second kappa shape index (κ2) is 9.90. The van der Waals surface area contributed by atoms with E-state index in [1.807, 2.05) is 19.1 Å². The van der Waals surface area contributed by atoms with Gasteiger partial charge in [0.05, 0.1) is 28.4 Å². The second-order valence-electron chi connectivity index (χ2n) is 7.14. The number of hydrogen-bond donors (Lipinski definition) is 1. The van der Waals surface area contributed by atoms with E-state index in [1.54, 1.807) is 61.5 Å². The van der Waals surface area contributed by atoms with E-state index >= 15 is 0 Å². The van der Waals surface area contributed by atoms with Crippen molar-refractivity contribution in [1.82, 2.24) is 5.43 Å². The van der Waals surface area contributed by atoms with E-state index in [0.29, 0.717) is 16.8 Å². The van der Waals surface area contributed by atoms with Gasteiger partial charge in [0.2, 0.25) is 0 Å². The van der Waals surface area contributed by atoms with Crippen molar-refractivity contribution in [3.8, 4) is 6.07 Å². The van der Waals surface area contributed by atoms with Crippen LogP contribution in [-0.2, 0) is 14.8 Å². The predicted octanol–water partition coefficient (Wildman–Crippen LogP) is 3.52. The van der Waals surface area contributed by atoms with Gasteiger partial charge in [0.25, 0.3) is 15.9 Å². The fourth-order valence-corrected chi connectivity index (χ4v) is 4.60. The molecule has 7 nitrogen and oxygen atoms in total. The molecule has 0 saturated carbocycles. The number of nitrogens with zero attached hydrogens (tertiary/aromatic N) is 3. The van der Waals surface area contributed by atoms with Gasteiger partial charge in [-0.15, -0.1) is 0 Å². The molecule has 0 saturated heterocycles. The van der Waals surface area contributed by atoms with Crippen LogP contribution in [-0.4, -0.2) is 27.1 Å². The van der Waals surface area contributed by atoms with Gasteiger partial charge in [0, 0.05) is 0 Å². The molecule has 0 radical (unpaired) electrons. The molecular formula is C24H22N4O3S. The van der Waals surface area contributed by atoms with E-state index in [9.17, 15) is 13.2 Å².